The number of anilines is 4. The zero-order chi connectivity index (χ0) is 24.6. The van der Waals surface area contributed by atoms with Crippen molar-refractivity contribution >= 4 is 35.6 Å². The maximum atomic E-state index is 11.8. The molecule has 1 unspecified atom stereocenters. The molecule has 4 rings (SSSR count). The number of aliphatic hydroxyl groups excluding tert-OH is 2. The molecule has 35 heavy (non-hydrogen) atoms. The molecule has 0 radical (unpaired) electrons. The molecule has 1 atom stereocenters. The van der Waals surface area contributed by atoms with E-state index in [-0.39, 0.29) is 12.2 Å². The number of benzene rings is 1. The van der Waals surface area contributed by atoms with Gasteiger partial charge in [-0.2, -0.15) is 4.98 Å². The second-order valence-corrected chi connectivity index (χ2v) is 9.13. The zero-order valence-corrected chi connectivity index (χ0v) is 20.1. The minimum absolute atomic E-state index is 0.215. The van der Waals surface area contributed by atoms with Crippen molar-refractivity contribution in [1.82, 2.24) is 14.9 Å². The molecule has 0 aliphatic carbocycles. The van der Waals surface area contributed by atoms with Crippen molar-refractivity contribution < 1.29 is 15.0 Å². The van der Waals surface area contributed by atoms with E-state index in [2.05, 4.69) is 30.0 Å². The van der Waals surface area contributed by atoms with Crippen LogP contribution in [0.3, 0.4) is 0 Å². The van der Waals surface area contributed by atoms with E-state index in [4.69, 9.17) is 10.5 Å². The number of rotatable bonds is 9. The second-order valence-electron chi connectivity index (χ2n) is 9.13. The van der Waals surface area contributed by atoms with Crippen LogP contribution in [0.2, 0.25) is 0 Å². The third kappa shape index (κ3) is 6.33. The SMILES string of the molecule is N=Cc1nc(N2CCCCCC2)nc(Nc2ccc(N3CCN(CC(O)CO)CC3)cc2)c1C=O. The van der Waals surface area contributed by atoms with Crippen molar-refractivity contribution in [3.8, 4) is 0 Å². The molecule has 0 saturated carbocycles. The van der Waals surface area contributed by atoms with E-state index in [1.807, 2.05) is 24.3 Å². The van der Waals surface area contributed by atoms with Gasteiger partial charge in [-0.1, -0.05) is 12.8 Å². The fourth-order valence-corrected chi connectivity index (χ4v) is 4.64. The highest BCUT2D eigenvalue weighted by molar-refractivity contribution is 5.95. The third-order valence-corrected chi connectivity index (χ3v) is 6.65. The minimum atomic E-state index is -0.696. The summed E-state index contributed by atoms with van der Waals surface area (Å²) in [4.78, 5) is 27.6. The maximum Gasteiger partial charge on any atom is 0.227 e. The predicted octanol–water partition coefficient (Wildman–Crippen LogP) is 1.89. The molecule has 10 nitrogen and oxygen atoms in total. The molecule has 4 N–H and O–H groups in total. The monoisotopic (exact) mass is 481 g/mol. The van der Waals surface area contributed by atoms with Gasteiger partial charge in [0.15, 0.2) is 6.29 Å². The lowest BCUT2D eigenvalue weighted by Gasteiger charge is -2.36. The maximum absolute atomic E-state index is 11.8. The second kappa shape index (κ2) is 12.1. The smallest absolute Gasteiger partial charge is 0.227 e. The quantitative estimate of drug-likeness (QED) is 0.313. The van der Waals surface area contributed by atoms with E-state index in [0.717, 1.165) is 69.7 Å². The van der Waals surface area contributed by atoms with Crippen LogP contribution in [0.5, 0.6) is 0 Å². The molecule has 2 saturated heterocycles. The number of hydrogen-bond acceptors (Lipinski definition) is 10. The van der Waals surface area contributed by atoms with E-state index >= 15 is 0 Å². The van der Waals surface area contributed by atoms with Gasteiger partial charge in [0.25, 0.3) is 0 Å². The first-order valence-corrected chi connectivity index (χ1v) is 12.4. The summed E-state index contributed by atoms with van der Waals surface area (Å²) in [5, 5.41) is 29.7. The predicted molar refractivity (Wildman–Crippen MR) is 137 cm³/mol. The molecule has 0 amide bonds. The summed E-state index contributed by atoms with van der Waals surface area (Å²) in [7, 11) is 0. The molecular formula is C25H35N7O3. The van der Waals surface area contributed by atoms with Crippen molar-refractivity contribution in [3.63, 3.8) is 0 Å². The normalized spacial score (nSPS) is 18.1. The first kappa shape index (κ1) is 25.0. The van der Waals surface area contributed by atoms with E-state index in [0.29, 0.717) is 30.3 Å². The highest BCUT2D eigenvalue weighted by atomic mass is 16.3. The number of piperazine rings is 1. The van der Waals surface area contributed by atoms with Crippen LogP contribution >= 0.6 is 0 Å². The summed E-state index contributed by atoms with van der Waals surface area (Å²) in [6.07, 6.45) is 5.67. The summed E-state index contributed by atoms with van der Waals surface area (Å²) >= 11 is 0. The van der Waals surface area contributed by atoms with Gasteiger partial charge in [0, 0.05) is 63.4 Å². The first-order valence-electron chi connectivity index (χ1n) is 12.4. The summed E-state index contributed by atoms with van der Waals surface area (Å²) in [6.45, 7) is 5.35. The Morgan fingerprint density at radius 3 is 2.26 bits per heavy atom. The van der Waals surface area contributed by atoms with Crippen LogP contribution in [-0.2, 0) is 0 Å². The standard InChI is InChI=1S/C25H35N7O3/c26-15-23-22(18-34)24(29-25(28-23)32-9-3-1-2-4-10-32)27-19-5-7-20(8-6-19)31-13-11-30(12-14-31)16-21(35)17-33/h5-8,15,18,21,26,33,35H,1-4,9-14,16-17H2,(H,27,28,29). The van der Waals surface area contributed by atoms with Gasteiger partial charge in [0.1, 0.15) is 5.82 Å². The topological polar surface area (TPSA) is 129 Å². The van der Waals surface area contributed by atoms with Crippen LogP contribution in [0.4, 0.5) is 23.1 Å². The van der Waals surface area contributed by atoms with Gasteiger partial charge < -0.3 is 30.7 Å². The van der Waals surface area contributed by atoms with E-state index in [1.54, 1.807) is 0 Å². The van der Waals surface area contributed by atoms with Crippen LogP contribution in [0.25, 0.3) is 0 Å². The Hall–Kier alpha value is -3.08. The number of aliphatic hydroxyl groups is 2. The molecule has 1 aromatic carbocycles. The third-order valence-electron chi connectivity index (χ3n) is 6.65. The molecule has 0 spiro atoms. The summed E-state index contributed by atoms with van der Waals surface area (Å²) in [6, 6.07) is 8.00. The zero-order valence-electron chi connectivity index (χ0n) is 20.1. The molecule has 2 fully saturated rings. The number of nitrogens with one attached hydrogen (secondary N) is 2. The van der Waals surface area contributed by atoms with Crippen molar-refractivity contribution in [3.05, 3.63) is 35.5 Å². The van der Waals surface area contributed by atoms with E-state index in [1.165, 1.54) is 12.8 Å². The molecule has 3 heterocycles. The number of carbonyl (C=O) groups excluding carboxylic acids is 1. The fourth-order valence-electron chi connectivity index (χ4n) is 4.64. The van der Waals surface area contributed by atoms with Crippen LogP contribution < -0.4 is 15.1 Å². The molecule has 10 heteroatoms. The number of nitrogens with zero attached hydrogens (tertiary/aromatic N) is 5. The van der Waals surface area contributed by atoms with E-state index in [9.17, 15) is 9.90 Å². The van der Waals surface area contributed by atoms with Gasteiger partial charge >= 0.3 is 0 Å². The number of hydrogen-bond donors (Lipinski definition) is 4. The van der Waals surface area contributed by atoms with Crippen molar-refractivity contribution in [2.45, 2.75) is 31.8 Å². The molecular weight excluding hydrogens is 446 g/mol. The van der Waals surface area contributed by atoms with Gasteiger partial charge in [-0.05, 0) is 37.1 Å². The van der Waals surface area contributed by atoms with Crippen LogP contribution in [-0.4, -0.2) is 96.1 Å². The Labute approximate surface area is 206 Å². The fraction of sp³-hybridized carbons (Fsp3) is 0.520. The Balaban J connectivity index is 1.46. The van der Waals surface area contributed by atoms with Crippen LogP contribution in [0.1, 0.15) is 41.7 Å². The lowest BCUT2D eigenvalue weighted by Crippen LogP contribution is -2.49. The number of β-amino-alcohol motifs (C(OH)–C–C–N with tert-alkyl or cyclic N) is 1. The molecule has 188 valence electrons. The minimum Gasteiger partial charge on any atom is -0.394 e. The average Bonchev–Trinajstić information content (AvgIpc) is 3.19. The average molecular weight is 482 g/mol. The van der Waals surface area contributed by atoms with Gasteiger partial charge in [0.2, 0.25) is 5.95 Å². The molecule has 2 aliphatic rings. The molecule has 0 bridgehead atoms. The number of aromatic nitrogens is 2. The van der Waals surface area contributed by atoms with Gasteiger partial charge in [0.05, 0.1) is 24.0 Å². The van der Waals surface area contributed by atoms with Gasteiger partial charge in [-0.15, -0.1) is 0 Å². The largest absolute Gasteiger partial charge is 0.394 e. The lowest BCUT2D eigenvalue weighted by molar-refractivity contribution is 0.0575. The van der Waals surface area contributed by atoms with Crippen molar-refractivity contribution in [2.75, 3.05) is 67.5 Å². The molecule has 1 aromatic heterocycles. The summed E-state index contributed by atoms with van der Waals surface area (Å²) in [5.74, 6) is 0.968. The van der Waals surface area contributed by atoms with E-state index < -0.39 is 6.10 Å². The first-order chi connectivity index (χ1) is 17.1. The highest BCUT2D eigenvalue weighted by Crippen LogP contribution is 2.26. The van der Waals surface area contributed by atoms with Gasteiger partial charge in [-0.3, -0.25) is 9.69 Å². The van der Waals surface area contributed by atoms with Gasteiger partial charge in [-0.25, -0.2) is 4.98 Å². The Morgan fingerprint density at radius 1 is 0.971 bits per heavy atom. The number of aldehydes is 1. The molecule has 2 aromatic rings. The Kier molecular flexibility index (Phi) is 8.62. The lowest BCUT2D eigenvalue weighted by atomic mass is 10.2. The van der Waals surface area contributed by atoms with Crippen molar-refractivity contribution in [2.24, 2.45) is 0 Å². The Morgan fingerprint density at radius 2 is 1.66 bits per heavy atom. The van der Waals surface area contributed by atoms with Crippen LogP contribution in [0.15, 0.2) is 24.3 Å². The summed E-state index contributed by atoms with van der Waals surface area (Å²) < 4.78 is 0. The molecule has 2 aliphatic heterocycles. The number of carbonyl (C=O) groups is 1. The highest BCUT2D eigenvalue weighted by Gasteiger charge is 2.20. The van der Waals surface area contributed by atoms with Crippen molar-refractivity contribution in [1.29, 1.82) is 5.41 Å². The Bertz CT molecular complexity index is 985. The summed E-state index contributed by atoms with van der Waals surface area (Å²) in [5.41, 5.74) is 2.50. The van der Waals surface area contributed by atoms with Crippen LogP contribution in [0, 0.1) is 5.41 Å².